The molecule has 1 N–H and O–H groups in total. The van der Waals surface area contributed by atoms with Crippen LogP contribution >= 0.6 is 11.6 Å². The molecule has 2 rings (SSSR count). The molecule has 5 heteroatoms. The first-order valence-electron chi connectivity index (χ1n) is 7.48. The highest BCUT2D eigenvalue weighted by atomic mass is 35.5. The van der Waals surface area contributed by atoms with Gasteiger partial charge in [-0.2, -0.15) is 0 Å². The van der Waals surface area contributed by atoms with Crippen LogP contribution in [0.4, 0.5) is 0 Å². The maximum atomic E-state index is 11.9. The van der Waals surface area contributed by atoms with Crippen molar-refractivity contribution in [3.8, 4) is 0 Å². The number of hydrogen-bond donors (Lipinski definition) is 1. The van der Waals surface area contributed by atoms with E-state index in [0.717, 1.165) is 11.1 Å². The fraction of sp³-hybridized carbons (Fsp3) is 0.158. The lowest BCUT2D eigenvalue weighted by molar-refractivity contribution is -0.116. The summed E-state index contributed by atoms with van der Waals surface area (Å²) in [5.41, 5.74) is 2.32. The zero-order chi connectivity index (χ0) is 17.5. The predicted octanol–water partition coefficient (Wildman–Crippen LogP) is 3.37. The third-order valence-corrected chi connectivity index (χ3v) is 3.77. The molecule has 0 radical (unpaired) electrons. The summed E-state index contributed by atoms with van der Waals surface area (Å²) >= 11 is 6.04. The topological polar surface area (TPSA) is 49.4 Å². The monoisotopic (exact) mass is 342 g/mol. The van der Waals surface area contributed by atoms with Crippen molar-refractivity contribution in [3.05, 3.63) is 76.3 Å². The van der Waals surface area contributed by atoms with Gasteiger partial charge in [-0.05, 0) is 35.4 Å². The zero-order valence-electron chi connectivity index (χ0n) is 13.6. The molecule has 2 aromatic carbocycles. The molecule has 0 aliphatic rings. The summed E-state index contributed by atoms with van der Waals surface area (Å²) in [5.74, 6) is -0.258. The molecule has 0 fully saturated rings. The van der Waals surface area contributed by atoms with Gasteiger partial charge in [0, 0.05) is 37.3 Å². The number of halogens is 1. The van der Waals surface area contributed by atoms with Crippen molar-refractivity contribution >= 4 is 29.5 Å². The summed E-state index contributed by atoms with van der Waals surface area (Å²) < 4.78 is 0. The Morgan fingerprint density at radius 1 is 1.08 bits per heavy atom. The molecule has 0 aliphatic heterocycles. The van der Waals surface area contributed by atoms with Crippen LogP contribution in [0.15, 0.2) is 54.6 Å². The highest BCUT2D eigenvalue weighted by Gasteiger charge is 2.06. The van der Waals surface area contributed by atoms with Crippen LogP contribution in [0, 0.1) is 0 Å². The highest BCUT2D eigenvalue weighted by molar-refractivity contribution is 6.31. The minimum atomic E-state index is -0.205. The van der Waals surface area contributed by atoms with E-state index in [4.69, 9.17) is 11.6 Å². The second-order valence-corrected chi connectivity index (χ2v) is 5.87. The third-order valence-electron chi connectivity index (χ3n) is 3.40. The van der Waals surface area contributed by atoms with Crippen LogP contribution in [0.1, 0.15) is 21.5 Å². The van der Waals surface area contributed by atoms with Gasteiger partial charge in [-0.3, -0.25) is 9.59 Å². The van der Waals surface area contributed by atoms with Crippen molar-refractivity contribution in [1.29, 1.82) is 0 Å². The number of hydrogen-bond acceptors (Lipinski definition) is 2. The number of nitrogens with zero attached hydrogens (tertiary/aromatic N) is 1. The standard InChI is InChI=1S/C19H19ClN2O2/c1-22(2)19(24)15-10-7-14(8-11-15)9-12-18(23)21-13-16-5-3-4-6-17(16)20/h3-12H,13H2,1-2H3,(H,21,23)/b12-9+. The van der Waals surface area contributed by atoms with Crippen molar-refractivity contribution in [3.63, 3.8) is 0 Å². The summed E-state index contributed by atoms with van der Waals surface area (Å²) in [6, 6.07) is 14.5. The van der Waals surface area contributed by atoms with Gasteiger partial charge in [0.15, 0.2) is 0 Å². The van der Waals surface area contributed by atoms with Crippen molar-refractivity contribution in [2.45, 2.75) is 6.54 Å². The molecule has 0 saturated carbocycles. The highest BCUT2D eigenvalue weighted by Crippen LogP contribution is 2.14. The van der Waals surface area contributed by atoms with Gasteiger partial charge < -0.3 is 10.2 Å². The number of nitrogens with one attached hydrogen (secondary N) is 1. The van der Waals surface area contributed by atoms with E-state index in [1.807, 2.05) is 18.2 Å². The average molecular weight is 343 g/mol. The van der Waals surface area contributed by atoms with Crippen LogP contribution in [0.25, 0.3) is 6.08 Å². The van der Waals surface area contributed by atoms with Crippen molar-refractivity contribution in [2.24, 2.45) is 0 Å². The molecule has 2 amide bonds. The Morgan fingerprint density at radius 2 is 1.75 bits per heavy atom. The molecule has 0 heterocycles. The van der Waals surface area contributed by atoms with E-state index in [0.29, 0.717) is 17.1 Å². The molecule has 0 bridgehead atoms. The van der Waals surface area contributed by atoms with E-state index in [-0.39, 0.29) is 11.8 Å². The van der Waals surface area contributed by atoms with Gasteiger partial charge >= 0.3 is 0 Å². The van der Waals surface area contributed by atoms with Gasteiger partial charge in [0.1, 0.15) is 0 Å². The molecular weight excluding hydrogens is 324 g/mol. The smallest absolute Gasteiger partial charge is 0.253 e. The van der Waals surface area contributed by atoms with Gasteiger partial charge in [0.2, 0.25) is 5.91 Å². The number of rotatable bonds is 5. The zero-order valence-corrected chi connectivity index (χ0v) is 14.4. The lowest BCUT2D eigenvalue weighted by Gasteiger charge is -2.09. The largest absolute Gasteiger partial charge is 0.348 e. The first-order valence-corrected chi connectivity index (χ1v) is 7.86. The quantitative estimate of drug-likeness (QED) is 0.847. The van der Waals surface area contributed by atoms with Crippen LogP contribution < -0.4 is 5.32 Å². The fourth-order valence-corrected chi connectivity index (χ4v) is 2.25. The molecule has 0 saturated heterocycles. The molecular formula is C19H19ClN2O2. The molecule has 0 spiro atoms. The molecule has 124 valence electrons. The van der Waals surface area contributed by atoms with Gasteiger partial charge in [0.25, 0.3) is 5.91 Å². The van der Waals surface area contributed by atoms with Crippen LogP contribution in [0.2, 0.25) is 5.02 Å². The Hall–Kier alpha value is -2.59. The van der Waals surface area contributed by atoms with E-state index < -0.39 is 0 Å². The molecule has 24 heavy (non-hydrogen) atoms. The Bertz CT molecular complexity index is 752. The maximum absolute atomic E-state index is 11.9. The average Bonchev–Trinajstić information content (AvgIpc) is 2.59. The van der Waals surface area contributed by atoms with Crippen LogP contribution in [-0.4, -0.2) is 30.8 Å². The molecule has 0 atom stereocenters. The minimum Gasteiger partial charge on any atom is -0.348 e. The number of carbonyl (C=O) groups excluding carboxylic acids is 2. The van der Waals surface area contributed by atoms with Crippen molar-refractivity contribution < 1.29 is 9.59 Å². The molecule has 0 aliphatic carbocycles. The van der Waals surface area contributed by atoms with Crippen LogP contribution in [-0.2, 0) is 11.3 Å². The summed E-state index contributed by atoms with van der Waals surface area (Å²) in [6.45, 7) is 0.374. The van der Waals surface area contributed by atoms with Gasteiger partial charge in [-0.1, -0.05) is 41.9 Å². The van der Waals surface area contributed by atoms with E-state index in [1.54, 1.807) is 50.5 Å². The van der Waals surface area contributed by atoms with Crippen molar-refractivity contribution in [2.75, 3.05) is 14.1 Å². The first kappa shape index (κ1) is 17.8. The second kappa shape index (κ2) is 8.31. The first-order chi connectivity index (χ1) is 11.5. The SMILES string of the molecule is CN(C)C(=O)c1ccc(/C=C/C(=O)NCc2ccccc2Cl)cc1. The molecule has 4 nitrogen and oxygen atoms in total. The Morgan fingerprint density at radius 3 is 2.38 bits per heavy atom. The van der Waals surface area contributed by atoms with Crippen molar-refractivity contribution in [1.82, 2.24) is 10.2 Å². The predicted molar refractivity (Wildman–Crippen MR) is 96.8 cm³/mol. The number of amides is 2. The molecule has 0 unspecified atom stereocenters. The van der Waals surface area contributed by atoms with E-state index in [1.165, 1.54) is 11.0 Å². The summed E-state index contributed by atoms with van der Waals surface area (Å²) in [6.07, 6.45) is 3.16. The second-order valence-electron chi connectivity index (χ2n) is 5.46. The fourth-order valence-electron chi connectivity index (χ4n) is 2.05. The Kier molecular flexibility index (Phi) is 6.15. The summed E-state index contributed by atoms with van der Waals surface area (Å²) in [4.78, 5) is 25.2. The van der Waals surface area contributed by atoms with E-state index >= 15 is 0 Å². The lowest BCUT2D eigenvalue weighted by Crippen LogP contribution is -2.21. The van der Waals surface area contributed by atoms with Gasteiger partial charge in [0.05, 0.1) is 0 Å². The molecule has 0 aromatic heterocycles. The van der Waals surface area contributed by atoms with E-state index in [9.17, 15) is 9.59 Å². The lowest BCUT2D eigenvalue weighted by atomic mass is 10.1. The third kappa shape index (κ3) is 4.96. The van der Waals surface area contributed by atoms with Gasteiger partial charge in [-0.15, -0.1) is 0 Å². The Labute approximate surface area is 146 Å². The minimum absolute atomic E-state index is 0.0528. The number of carbonyl (C=O) groups is 2. The normalized spacial score (nSPS) is 10.6. The Balaban J connectivity index is 1.92. The summed E-state index contributed by atoms with van der Waals surface area (Å²) in [7, 11) is 3.42. The van der Waals surface area contributed by atoms with Crippen LogP contribution in [0.5, 0.6) is 0 Å². The van der Waals surface area contributed by atoms with Crippen LogP contribution in [0.3, 0.4) is 0 Å². The van der Waals surface area contributed by atoms with E-state index in [2.05, 4.69) is 5.32 Å². The maximum Gasteiger partial charge on any atom is 0.253 e. The molecule has 2 aromatic rings. The summed E-state index contributed by atoms with van der Waals surface area (Å²) in [5, 5.41) is 3.41. The number of benzene rings is 2. The van der Waals surface area contributed by atoms with Gasteiger partial charge in [-0.25, -0.2) is 0 Å².